The van der Waals surface area contributed by atoms with Gasteiger partial charge in [-0.25, -0.2) is 4.98 Å². The minimum Gasteiger partial charge on any atom is -0.375 e. The molecule has 32 heavy (non-hydrogen) atoms. The fourth-order valence-corrected chi connectivity index (χ4v) is 5.39. The van der Waals surface area contributed by atoms with Crippen LogP contribution in [0.5, 0.6) is 0 Å². The summed E-state index contributed by atoms with van der Waals surface area (Å²) in [7, 11) is 1.59. The SMILES string of the molecule is COCC(=O)N1CCC(N2CCCCC(Nc3nccc(N4CCCCCC4)n3)C2)CC1. The Morgan fingerprint density at radius 3 is 2.53 bits per heavy atom. The number of ether oxygens (including phenoxy) is 1. The monoisotopic (exact) mass is 444 g/mol. The average Bonchev–Trinajstić information content (AvgIpc) is 3.23. The van der Waals surface area contributed by atoms with Gasteiger partial charge in [0.05, 0.1) is 0 Å². The Hall–Kier alpha value is -1.93. The first-order chi connectivity index (χ1) is 15.7. The molecule has 0 aliphatic carbocycles. The van der Waals surface area contributed by atoms with Crippen LogP contribution in [0.3, 0.4) is 0 Å². The van der Waals surface area contributed by atoms with Crippen molar-refractivity contribution in [3.05, 3.63) is 12.3 Å². The summed E-state index contributed by atoms with van der Waals surface area (Å²) in [6, 6.07) is 2.97. The Kier molecular flexibility index (Phi) is 8.56. The third-order valence-electron chi connectivity index (χ3n) is 7.21. The van der Waals surface area contributed by atoms with Crippen LogP contribution in [0.2, 0.25) is 0 Å². The Labute approximate surface area is 192 Å². The lowest BCUT2D eigenvalue weighted by Crippen LogP contribution is -2.49. The lowest BCUT2D eigenvalue weighted by Gasteiger charge is -2.39. The third kappa shape index (κ3) is 6.32. The smallest absolute Gasteiger partial charge is 0.248 e. The van der Waals surface area contributed by atoms with Crippen molar-refractivity contribution in [2.24, 2.45) is 0 Å². The molecule has 0 radical (unpaired) electrons. The molecular weight excluding hydrogens is 404 g/mol. The van der Waals surface area contributed by atoms with Gasteiger partial charge in [0.15, 0.2) is 0 Å². The topological polar surface area (TPSA) is 73.8 Å². The van der Waals surface area contributed by atoms with Crippen molar-refractivity contribution >= 4 is 17.7 Å². The summed E-state index contributed by atoms with van der Waals surface area (Å²) in [6.07, 6.45) is 12.7. The number of hydrogen-bond acceptors (Lipinski definition) is 7. The molecule has 4 rings (SSSR count). The standard InChI is InChI=1S/C24H40N6O2/c1-32-19-23(31)29-16-10-21(11-17-29)30-15-7-4-8-20(18-30)26-24-25-12-9-22(27-24)28-13-5-2-3-6-14-28/h9,12,20-21H,2-8,10-11,13-19H2,1H3,(H,25,26,27). The van der Waals surface area contributed by atoms with E-state index in [-0.39, 0.29) is 12.5 Å². The summed E-state index contributed by atoms with van der Waals surface area (Å²) in [5, 5.41) is 3.66. The molecule has 1 aromatic rings. The number of anilines is 2. The molecule has 1 atom stereocenters. The number of carbonyl (C=O) groups excluding carboxylic acids is 1. The second-order valence-electron chi connectivity index (χ2n) is 9.52. The zero-order valence-electron chi connectivity index (χ0n) is 19.7. The van der Waals surface area contributed by atoms with E-state index in [1.807, 2.05) is 11.1 Å². The molecule has 0 aromatic carbocycles. The Balaban J connectivity index is 1.33. The minimum atomic E-state index is 0.114. The maximum Gasteiger partial charge on any atom is 0.248 e. The van der Waals surface area contributed by atoms with E-state index in [4.69, 9.17) is 9.72 Å². The number of rotatable bonds is 6. The molecule has 1 aromatic heterocycles. The van der Waals surface area contributed by atoms with E-state index in [1.54, 1.807) is 7.11 Å². The minimum absolute atomic E-state index is 0.114. The lowest BCUT2D eigenvalue weighted by atomic mass is 10.0. The van der Waals surface area contributed by atoms with Gasteiger partial charge in [-0.15, -0.1) is 0 Å². The van der Waals surface area contributed by atoms with E-state index in [0.717, 1.165) is 70.3 Å². The molecule has 3 fully saturated rings. The van der Waals surface area contributed by atoms with Gasteiger partial charge in [-0.3, -0.25) is 9.69 Å². The molecule has 1 amide bonds. The van der Waals surface area contributed by atoms with Crippen molar-refractivity contribution in [1.29, 1.82) is 0 Å². The van der Waals surface area contributed by atoms with Crippen molar-refractivity contribution in [3.63, 3.8) is 0 Å². The third-order valence-corrected chi connectivity index (χ3v) is 7.21. The molecule has 3 aliphatic rings. The number of methoxy groups -OCH3 is 1. The largest absolute Gasteiger partial charge is 0.375 e. The van der Waals surface area contributed by atoms with Crippen LogP contribution in [-0.2, 0) is 9.53 Å². The molecular formula is C24H40N6O2. The molecule has 1 N–H and O–H groups in total. The van der Waals surface area contributed by atoms with Crippen LogP contribution in [0.15, 0.2) is 12.3 Å². The summed E-state index contributed by atoms with van der Waals surface area (Å²) in [4.78, 5) is 28.5. The van der Waals surface area contributed by atoms with Crippen LogP contribution in [0.1, 0.15) is 57.8 Å². The summed E-state index contributed by atoms with van der Waals surface area (Å²) in [5.41, 5.74) is 0. The van der Waals surface area contributed by atoms with Gasteiger partial charge in [0, 0.05) is 58.1 Å². The quantitative estimate of drug-likeness (QED) is 0.723. The van der Waals surface area contributed by atoms with Crippen molar-refractivity contribution in [3.8, 4) is 0 Å². The Morgan fingerprint density at radius 1 is 1.03 bits per heavy atom. The van der Waals surface area contributed by atoms with Crippen molar-refractivity contribution in [2.75, 3.05) is 63.2 Å². The van der Waals surface area contributed by atoms with Crippen LogP contribution >= 0.6 is 0 Å². The zero-order chi connectivity index (χ0) is 22.2. The number of amides is 1. The van der Waals surface area contributed by atoms with Gasteiger partial charge in [0.2, 0.25) is 11.9 Å². The fraction of sp³-hybridized carbons (Fsp3) is 0.792. The summed E-state index contributed by atoms with van der Waals surface area (Å²) in [6.45, 7) is 6.22. The fourth-order valence-electron chi connectivity index (χ4n) is 5.39. The molecule has 0 saturated carbocycles. The molecule has 3 aliphatic heterocycles. The van der Waals surface area contributed by atoms with Crippen LogP contribution < -0.4 is 10.2 Å². The van der Waals surface area contributed by atoms with Crippen LogP contribution in [0.4, 0.5) is 11.8 Å². The van der Waals surface area contributed by atoms with Gasteiger partial charge in [-0.05, 0) is 51.1 Å². The Morgan fingerprint density at radius 2 is 1.78 bits per heavy atom. The lowest BCUT2D eigenvalue weighted by molar-refractivity contribution is -0.136. The van der Waals surface area contributed by atoms with E-state index in [9.17, 15) is 4.79 Å². The first-order valence-corrected chi connectivity index (χ1v) is 12.6. The molecule has 178 valence electrons. The molecule has 1 unspecified atom stereocenters. The first-order valence-electron chi connectivity index (χ1n) is 12.6. The van der Waals surface area contributed by atoms with Gasteiger partial charge in [-0.1, -0.05) is 19.3 Å². The zero-order valence-corrected chi connectivity index (χ0v) is 19.7. The number of hydrogen-bond donors (Lipinski definition) is 1. The highest BCUT2D eigenvalue weighted by Gasteiger charge is 2.29. The molecule has 8 heteroatoms. The average molecular weight is 445 g/mol. The highest BCUT2D eigenvalue weighted by atomic mass is 16.5. The van der Waals surface area contributed by atoms with Gasteiger partial charge >= 0.3 is 0 Å². The molecule has 4 heterocycles. The highest BCUT2D eigenvalue weighted by Crippen LogP contribution is 2.23. The van der Waals surface area contributed by atoms with E-state index in [1.165, 1.54) is 38.5 Å². The van der Waals surface area contributed by atoms with E-state index < -0.39 is 0 Å². The number of aromatic nitrogens is 2. The number of nitrogens with one attached hydrogen (secondary N) is 1. The van der Waals surface area contributed by atoms with E-state index in [2.05, 4.69) is 26.2 Å². The molecule has 0 spiro atoms. The second-order valence-corrected chi connectivity index (χ2v) is 9.52. The summed E-state index contributed by atoms with van der Waals surface area (Å²) in [5.74, 6) is 1.93. The number of piperidine rings is 1. The maximum atomic E-state index is 12.1. The second kappa shape index (κ2) is 11.8. The first kappa shape index (κ1) is 23.2. The van der Waals surface area contributed by atoms with Crippen LogP contribution in [0, 0.1) is 0 Å². The van der Waals surface area contributed by atoms with Crippen molar-refractivity contribution < 1.29 is 9.53 Å². The predicted molar refractivity (Wildman–Crippen MR) is 127 cm³/mol. The Bertz CT molecular complexity index is 716. The van der Waals surface area contributed by atoms with Crippen LogP contribution in [-0.4, -0.2) is 90.7 Å². The van der Waals surface area contributed by atoms with Crippen molar-refractivity contribution in [1.82, 2.24) is 19.8 Å². The summed E-state index contributed by atoms with van der Waals surface area (Å²) >= 11 is 0. The molecule has 3 saturated heterocycles. The van der Waals surface area contributed by atoms with Gasteiger partial charge in [0.25, 0.3) is 0 Å². The van der Waals surface area contributed by atoms with Crippen LogP contribution in [0.25, 0.3) is 0 Å². The van der Waals surface area contributed by atoms with Gasteiger partial charge in [-0.2, -0.15) is 4.98 Å². The normalized spacial score (nSPS) is 24.1. The number of nitrogens with zero attached hydrogens (tertiary/aromatic N) is 5. The molecule has 0 bridgehead atoms. The highest BCUT2D eigenvalue weighted by molar-refractivity contribution is 5.77. The maximum absolute atomic E-state index is 12.1. The number of likely N-dealkylation sites (tertiary alicyclic amines) is 2. The van der Waals surface area contributed by atoms with E-state index >= 15 is 0 Å². The van der Waals surface area contributed by atoms with E-state index in [0.29, 0.717) is 12.1 Å². The van der Waals surface area contributed by atoms with Crippen molar-refractivity contribution in [2.45, 2.75) is 69.9 Å². The number of carbonyl (C=O) groups is 1. The van der Waals surface area contributed by atoms with Gasteiger partial charge in [0.1, 0.15) is 12.4 Å². The molecule has 8 nitrogen and oxygen atoms in total. The predicted octanol–water partition coefficient (Wildman–Crippen LogP) is 2.76. The summed E-state index contributed by atoms with van der Waals surface area (Å²) < 4.78 is 5.02. The van der Waals surface area contributed by atoms with Gasteiger partial charge < -0.3 is 19.9 Å².